The van der Waals surface area contributed by atoms with Gasteiger partial charge in [-0.1, -0.05) is 55.1 Å². The zero-order valence-electron chi connectivity index (χ0n) is 17.2. The van der Waals surface area contributed by atoms with Crippen LogP contribution in [-0.2, 0) is 16.1 Å². The maximum absolute atomic E-state index is 11.8. The number of hydrogen-bond donors (Lipinski definition) is 0. The smallest absolute Gasteiger partial charge is 0.333 e. The third kappa shape index (κ3) is 3.23. The van der Waals surface area contributed by atoms with Crippen molar-refractivity contribution < 1.29 is 9.53 Å². The normalized spacial score (nSPS) is 11.7. The van der Waals surface area contributed by atoms with Gasteiger partial charge in [-0.15, -0.1) is 0 Å². The van der Waals surface area contributed by atoms with E-state index in [4.69, 9.17) is 4.74 Å². The second-order valence-corrected chi connectivity index (χ2v) is 7.42. The van der Waals surface area contributed by atoms with E-state index in [9.17, 15) is 4.79 Å². The molecule has 0 unspecified atom stereocenters. The highest BCUT2D eigenvalue weighted by molar-refractivity contribution is 6.22. The summed E-state index contributed by atoms with van der Waals surface area (Å²) in [6.07, 6.45) is 4.22. The topological polar surface area (TPSA) is 31.2 Å². The highest BCUT2D eigenvalue weighted by Gasteiger charge is 2.16. The van der Waals surface area contributed by atoms with Crippen molar-refractivity contribution in [1.29, 1.82) is 0 Å². The predicted molar refractivity (Wildman–Crippen MR) is 122 cm³/mol. The number of hydrogen-bond acceptors (Lipinski definition) is 2. The lowest BCUT2D eigenvalue weighted by Crippen LogP contribution is -2.11. The van der Waals surface area contributed by atoms with Crippen LogP contribution in [0, 0.1) is 6.92 Å². The minimum Gasteiger partial charge on any atom is -0.460 e. The number of aromatic nitrogens is 1. The lowest BCUT2D eigenvalue weighted by Gasteiger charge is -2.09. The van der Waals surface area contributed by atoms with Crippen molar-refractivity contribution in [2.75, 3.05) is 6.61 Å². The molecule has 29 heavy (non-hydrogen) atoms. The number of allylic oxidation sites excluding steroid dienone is 1. The molecule has 0 aliphatic heterocycles. The summed E-state index contributed by atoms with van der Waals surface area (Å²) in [5.41, 5.74) is 5.23. The number of fused-ring (bicyclic) bond motifs is 5. The van der Waals surface area contributed by atoms with E-state index in [0.29, 0.717) is 18.7 Å². The Hall–Kier alpha value is -3.33. The van der Waals surface area contributed by atoms with Gasteiger partial charge in [-0.2, -0.15) is 0 Å². The Labute approximate surface area is 170 Å². The molecule has 0 radical (unpaired) electrons. The Kier molecular flexibility index (Phi) is 4.98. The molecule has 0 saturated carbocycles. The van der Waals surface area contributed by atoms with Crippen molar-refractivity contribution in [3.63, 3.8) is 0 Å². The SMILES string of the molecule is C=C(C)C(=O)OCCn1c2ccc(/C=C\C)c(C)c2c2c3ccccc3ccc21. The number of aryl methyl sites for hydroxylation is 1. The quantitative estimate of drug-likeness (QED) is 0.295. The third-order valence-corrected chi connectivity index (χ3v) is 5.47. The lowest BCUT2D eigenvalue weighted by molar-refractivity contribution is -0.139. The van der Waals surface area contributed by atoms with Gasteiger partial charge in [0, 0.05) is 27.4 Å². The van der Waals surface area contributed by atoms with Crippen LogP contribution in [0.2, 0.25) is 0 Å². The molecule has 0 N–H and O–H groups in total. The molecule has 0 amide bonds. The molecule has 146 valence electrons. The minimum atomic E-state index is -0.345. The van der Waals surface area contributed by atoms with Crippen molar-refractivity contribution in [3.05, 3.63) is 77.9 Å². The third-order valence-electron chi connectivity index (χ3n) is 5.47. The number of carbonyl (C=O) groups is 1. The Morgan fingerprint density at radius 1 is 1.07 bits per heavy atom. The fraction of sp³-hybridized carbons (Fsp3) is 0.192. The molecule has 4 aromatic rings. The molecule has 0 aliphatic carbocycles. The zero-order valence-corrected chi connectivity index (χ0v) is 17.2. The van der Waals surface area contributed by atoms with Gasteiger partial charge in [0.1, 0.15) is 6.61 Å². The fourth-order valence-electron chi connectivity index (χ4n) is 4.09. The average molecular weight is 383 g/mol. The molecule has 3 nitrogen and oxygen atoms in total. The molecule has 3 aromatic carbocycles. The number of rotatable bonds is 5. The summed E-state index contributed by atoms with van der Waals surface area (Å²) < 4.78 is 7.64. The molecular formula is C26H25NO2. The van der Waals surface area contributed by atoms with E-state index in [1.54, 1.807) is 6.92 Å². The number of esters is 1. The Balaban J connectivity index is 1.97. The van der Waals surface area contributed by atoms with Crippen LogP contribution in [-0.4, -0.2) is 17.1 Å². The number of benzene rings is 3. The van der Waals surface area contributed by atoms with Gasteiger partial charge in [0.15, 0.2) is 0 Å². The van der Waals surface area contributed by atoms with Crippen LogP contribution >= 0.6 is 0 Å². The van der Waals surface area contributed by atoms with Gasteiger partial charge in [0.2, 0.25) is 0 Å². The zero-order chi connectivity index (χ0) is 20.5. The molecule has 0 saturated heterocycles. The number of ether oxygens (including phenoxy) is 1. The van der Waals surface area contributed by atoms with Gasteiger partial charge in [0.05, 0.1) is 6.54 Å². The van der Waals surface area contributed by atoms with Crippen LogP contribution in [0.4, 0.5) is 0 Å². The lowest BCUT2D eigenvalue weighted by atomic mass is 9.98. The maximum Gasteiger partial charge on any atom is 0.333 e. The first-order valence-corrected chi connectivity index (χ1v) is 9.91. The summed E-state index contributed by atoms with van der Waals surface area (Å²) in [5, 5.41) is 4.99. The summed E-state index contributed by atoms with van der Waals surface area (Å²) in [7, 11) is 0. The number of nitrogens with zero attached hydrogens (tertiary/aromatic N) is 1. The minimum absolute atomic E-state index is 0.313. The Morgan fingerprint density at radius 2 is 1.79 bits per heavy atom. The number of carbonyl (C=O) groups excluding carboxylic acids is 1. The van der Waals surface area contributed by atoms with E-state index in [-0.39, 0.29) is 5.97 Å². The monoisotopic (exact) mass is 383 g/mol. The van der Waals surface area contributed by atoms with Crippen LogP contribution in [0.1, 0.15) is 25.0 Å². The van der Waals surface area contributed by atoms with Crippen LogP contribution < -0.4 is 0 Å². The summed E-state index contributed by atoms with van der Waals surface area (Å²) in [6, 6.07) is 17.2. The summed E-state index contributed by atoms with van der Waals surface area (Å²) in [4.78, 5) is 11.8. The standard InChI is InChI=1S/C26H25NO2/c1-5-8-19-11-13-22-24(18(19)4)25-21-10-7-6-9-20(21)12-14-23(25)27(22)15-16-29-26(28)17(2)3/h5-14H,2,15-16H2,1,3-4H3/b8-5-. The summed E-state index contributed by atoms with van der Waals surface area (Å²) >= 11 is 0. The van der Waals surface area contributed by atoms with E-state index in [1.807, 2.05) is 6.92 Å². The van der Waals surface area contributed by atoms with Crippen LogP contribution in [0.5, 0.6) is 0 Å². The molecule has 3 heteroatoms. The van der Waals surface area contributed by atoms with E-state index in [1.165, 1.54) is 32.7 Å². The highest BCUT2D eigenvalue weighted by atomic mass is 16.5. The molecule has 1 aromatic heterocycles. The van der Waals surface area contributed by atoms with Crippen molar-refractivity contribution in [2.24, 2.45) is 0 Å². The molecule has 0 bridgehead atoms. The first-order valence-electron chi connectivity index (χ1n) is 9.91. The average Bonchev–Trinajstić information content (AvgIpc) is 3.05. The molecular weight excluding hydrogens is 358 g/mol. The van der Waals surface area contributed by atoms with Gasteiger partial charge in [-0.3, -0.25) is 0 Å². The van der Waals surface area contributed by atoms with Crippen LogP contribution in [0.3, 0.4) is 0 Å². The van der Waals surface area contributed by atoms with E-state index >= 15 is 0 Å². The molecule has 4 rings (SSSR count). The van der Waals surface area contributed by atoms with Crippen LogP contribution in [0.15, 0.2) is 66.8 Å². The van der Waals surface area contributed by atoms with Crippen molar-refractivity contribution in [3.8, 4) is 0 Å². The largest absolute Gasteiger partial charge is 0.460 e. The van der Waals surface area contributed by atoms with Gasteiger partial charge in [0.25, 0.3) is 0 Å². The fourth-order valence-corrected chi connectivity index (χ4v) is 4.09. The Morgan fingerprint density at radius 3 is 2.55 bits per heavy atom. The van der Waals surface area contributed by atoms with Gasteiger partial charge >= 0.3 is 5.97 Å². The summed E-state index contributed by atoms with van der Waals surface area (Å²) in [6.45, 7) is 10.5. The highest BCUT2D eigenvalue weighted by Crippen LogP contribution is 2.37. The first-order chi connectivity index (χ1) is 14.0. The Bertz CT molecular complexity index is 1290. The molecule has 1 heterocycles. The second-order valence-electron chi connectivity index (χ2n) is 7.42. The van der Waals surface area contributed by atoms with Gasteiger partial charge in [-0.25, -0.2) is 4.79 Å². The van der Waals surface area contributed by atoms with E-state index < -0.39 is 0 Å². The van der Waals surface area contributed by atoms with E-state index in [0.717, 1.165) is 11.0 Å². The second kappa shape index (κ2) is 7.59. The van der Waals surface area contributed by atoms with Crippen molar-refractivity contribution >= 4 is 44.6 Å². The van der Waals surface area contributed by atoms with Crippen LogP contribution in [0.25, 0.3) is 38.7 Å². The molecule has 0 atom stereocenters. The maximum atomic E-state index is 11.8. The first kappa shape index (κ1) is 19.0. The van der Waals surface area contributed by atoms with Gasteiger partial charge < -0.3 is 9.30 Å². The van der Waals surface area contributed by atoms with Crippen molar-refractivity contribution in [2.45, 2.75) is 27.3 Å². The predicted octanol–water partition coefficient (Wildman–Crippen LogP) is 6.41. The molecule has 0 aliphatic rings. The van der Waals surface area contributed by atoms with Crippen molar-refractivity contribution in [1.82, 2.24) is 4.57 Å². The summed E-state index contributed by atoms with van der Waals surface area (Å²) in [5.74, 6) is -0.345. The molecule has 0 fully saturated rings. The van der Waals surface area contributed by atoms with E-state index in [2.05, 4.69) is 78.8 Å². The van der Waals surface area contributed by atoms with Gasteiger partial charge in [-0.05, 0) is 54.8 Å². The molecule has 0 spiro atoms.